The highest BCUT2D eigenvalue weighted by molar-refractivity contribution is 14.1. The Kier molecular flexibility index (Phi) is 7.29. The molecular weight excluding hydrogens is 560 g/mol. The summed E-state index contributed by atoms with van der Waals surface area (Å²) in [5, 5.41) is 2.66. The summed E-state index contributed by atoms with van der Waals surface area (Å²) in [5.74, 6) is -0.144. The van der Waals surface area contributed by atoms with Crippen LogP contribution in [0.15, 0.2) is 77.7 Å². The Morgan fingerprint density at radius 2 is 1.59 bits per heavy atom. The largest absolute Gasteiger partial charge is 0.484 e. The third kappa shape index (κ3) is 6.60. The smallest absolute Gasteiger partial charge is 0.416 e. The molecule has 0 heterocycles. The van der Waals surface area contributed by atoms with E-state index in [4.69, 9.17) is 4.74 Å². The second kappa shape index (κ2) is 9.77. The quantitative estimate of drug-likeness (QED) is 0.383. The number of amides is 1. The molecule has 6 nitrogen and oxygen atoms in total. The Balaban J connectivity index is 1.60. The highest BCUT2D eigenvalue weighted by Gasteiger charge is 2.30. The van der Waals surface area contributed by atoms with Gasteiger partial charge in [-0.15, -0.1) is 0 Å². The lowest BCUT2D eigenvalue weighted by molar-refractivity contribution is -0.137. The van der Waals surface area contributed by atoms with Crippen molar-refractivity contribution in [3.63, 3.8) is 0 Å². The highest BCUT2D eigenvalue weighted by Crippen LogP contribution is 2.31. The molecule has 1 amide bonds. The topological polar surface area (TPSA) is 84.5 Å². The van der Waals surface area contributed by atoms with E-state index in [0.717, 1.165) is 15.7 Å². The summed E-state index contributed by atoms with van der Waals surface area (Å²) in [6.45, 7) is -0.291. The summed E-state index contributed by atoms with van der Waals surface area (Å²) < 4.78 is 71.9. The fraction of sp³-hybridized carbons (Fsp3) is 0.0952. The number of rotatable bonds is 7. The van der Waals surface area contributed by atoms with Gasteiger partial charge in [0, 0.05) is 14.9 Å². The number of carbonyl (C=O) groups is 1. The fourth-order valence-corrected chi connectivity index (χ4v) is 3.98. The number of hydrogen-bond donors (Lipinski definition) is 2. The van der Waals surface area contributed by atoms with Crippen molar-refractivity contribution in [1.82, 2.24) is 0 Å². The lowest BCUT2D eigenvalue weighted by Gasteiger charge is -2.12. The highest BCUT2D eigenvalue weighted by atomic mass is 127. The van der Waals surface area contributed by atoms with Gasteiger partial charge in [-0.25, -0.2) is 8.42 Å². The molecule has 0 aliphatic heterocycles. The molecule has 0 fully saturated rings. The Morgan fingerprint density at radius 1 is 0.938 bits per heavy atom. The Labute approximate surface area is 196 Å². The van der Waals surface area contributed by atoms with Gasteiger partial charge in [0.15, 0.2) is 6.61 Å². The van der Waals surface area contributed by atoms with Gasteiger partial charge in [0.2, 0.25) is 0 Å². The van der Waals surface area contributed by atoms with Gasteiger partial charge < -0.3 is 10.1 Å². The van der Waals surface area contributed by atoms with E-state index in [-0.39, 0.29) is 22.9 Å². The van der Waals surface area contributed by atoms with Crippen molar-refractivity contribution in [3.05, 3.63) is 81.9 Å². The fourth-order valence-electron chi connectivity index (χ4n) is 2.57. The number of alkyl halides is 3. The van der Waals surface area contributed by atoms with Gasteiger partial charge in [0.1, 0.15) is 5.75 Å². The minimum absolute atomic E-state index is 0.175. The van der Waals surface area contributed by atoms with Crippen LogP contribution in [-0.4, -0.2) is 20.9 Å². The van der Waals surface area contributed by atoms with E-state index < -0.39 is 27.7 Å². The minimum Gasteiger partial charge on any atom is -0.484 e. The molecule has 0 unspecified atom stereocenters. The number of anilines is 2. The Morgan fingerprint density at radius 3 is 2.22 bits per heavy atom. The van der Waals surface area contributed by atoms with Crippen LogP contribution in [0.25, 0.3) is 0 Å². The second-order valence-electron chi connectivity index (χ2n) is 6.50. The monoisotopic (exact) mass is 576 g/mol. The van der Waals surface area contributed by atoms with E-state index in [9.17, 15) is 26.4 Å². The molecule has 0 aliphatic rings. The molecule has 3 aromatic carbocycles. The van der Waals surface area contributed by atoms with E-state index in [2.05, 4.69) is 32.6 Å². The molecule has 0 radical (unpaired) electrons. The molecule has 3 rings (SSSR count). The number of hydrogen-bond acceptors (Lipinski definition) is 4. The van der Waals surface area contributed by atoms with Gasteiger partial charge in [0.25, 0.3) is 15.9 Å². The molecule has 168 valence electrons. The number of halogens is 4. The first-order valence-electron chi connectivity index (χ1n) is 9.01. The minimum atomic E-state index is -4.59. The van der Waals surface area contributed by atoms with Crippen LogP contribution in [0.2, 0.25) is 0 Å². The SMILES string of the molecule is O=C(COc1ccc(S(=O)(=O)Nc2cccc(C(F)(F)F)c2)cc1)Nc1ccc(I)cc1. The van der Waals surface area contributed by atoms with Crippen LogP contribution in [-0.2, 0) is 21.0 Å². The molecule has 3 aromatic rings. The predicted octanol–water partition coefficient (Wildman–Crippen LogP) is 5.13. The Hall–Kier alpha value is -2.80. The average molecular weight is 576 g/mol. The van der Waals surface area contributed by atoms with Crippen LogP contribution in [0.5, 0.6) is 5.75 Å². The van der Waals surface area contributed by atoms with Crippen molar-refractivity contribution in [1.29, 1.82) is 0 Å². The summed E-state index contributed by atoms with van der Waals surface area (Å²) in [6, 6.07) is 16.2. The van der Waals surface area contributed by atoms with Crippen LogP contribution in [0.4, 0.5) is 24.5 Å². The first-order chi connectivity index (χ1) is 15.0. The number of ether oxygens (including phenoxy) is 1. The lowest BCUT2D eigenvalue weighted by Crippen LogP contribution is -2.20. The maximum Gasteiger partial charge on any atom is 0.416 e. The van der Waals surface area contributed by atoms with Crippen LogP contribution in [0, 0.1) is 3.57 Å². The summed E-state index contributed by atoms with van der Waals surface area (Å²) in [7, 11) is -4.12. The van der Waals surface area contributed by atoms with Crippen molar-refractivity contribution in [2.45, 2.75) is 11.1 Å². The van der Waals surface area contributed by atoms with Gasteiger partial charge in [0.05, 0.1) is 10.5 Å². The third-order valence-corrected chi connectivity index (χ3v) is 6.19. The van der Waals surface area contributed by atoms with Crippen molar-refractivity contribution >= 4 is 49.9 Å². The zero-order valence-corrected chi connectivity index (χ0v) is 19.2. The molecule has 0 aromatic heterocycles. The molecule has 0 atom stereocenters. The maximum atomic E-state index is 12.8. The lowest BCUT2D eigenvalue weighted by atomic mass is 10.2. The molecular formula is C21H16F3IN2O4S. The first kappa shape index (κ1) is 23.9. The van der Waals surface area contributed by atoms with Crippen LogP contribution < -0.4 is 14.8 Å². The number of sulfonamides is 1. The molecule has 2 N–H and O–H groups in total. The molecule has 32 heavy (non-hydrogen) atoms. The number of benzene rings is 3. The molecule has 0 saturated carbocycles. The van der Waals surface area contributed by atoms with E-state index in [1.54, 1.807) is 12.1 Å². The van der Waals surface area contributed by atoms with Gasteiger partial charge in [-0.1, -0.05) is 6.07 Å². The van der Waals surface area contributed by atoms with Crippen molar-refractivity contribution in [2.24, 2.45) is 0 Å². The van der Waals surface area contributed by atoms with Crippen molar-refractivity contribution in [3.8, 4) is 5.75 Å². The van der Waals surface area contributed by atoms with Crippen LogP contribution in [0.3, 0.4) is 0 Å². The molecule has 11 heteroatoms. The zero-order chi connectivity index (χ0) is 23.4. The zero-order valence-electron chi connectivity index (χ0n) is 16.2. The van der Waals surface area contributed by atoms with Gasteiger partial charge >= 0.3 is 6.18 Å². The second-order valence-corrected chi connectivity index (χ2v) is 9.43. The molecule has 0 aliphatic carbocycles. The summed E-state index contributed by atoms with van der Waals surface area (Å²) >= 11 is 2.14. The molecule has 0 saturated heterocycles. The van der Waals surface area contributed by atoms with Crippen molar-refractivity contribution < 1.29 is 31.1 Å². The summed E-state index contributed by atoms with van der Waals surface area (Å²) in [6.07, 6.45) is -4.59. The standard InChI is InChI=1S/C21H16F3IN2O4S/c22-21(23,24)14-2-1-3-17(12-14)27-32(29,30)19-10-8-18(9-11-19)31-13-20(28)26-16-6-4-15(25)5-7-16/h1-12,27H,13H2,(H,26,28). The van der Waals surface area contributed by atoms with E-state index in [1.165, 1.54) is 30.3 Å². The summed E-state index contributed by atoms with van der Waals surface area (Å²) in [4.78, 5) is 11.8. The Bertz CT molecular complexity index is 1200. The van der Waals surface area contributed by atoms with Gasteiger partial charge in [-0.3, -0.25) is 9.52 Å². The maximum absolute atomic E-state index is 12.8. The molecule has 0 spiro atoms. The number of nitrogens with one attached hydrogen (secondary N) is 2. The van der Waals surface area contributed by atoms with Crippen LogP contribution >= 0.6 is 22.6 Å². The third-order valence-electron chi connectivity index (χ3n) is 4.07. The van der Waals surface area contributed by atoms with E-state index in [0.29, 0.717) is 11.8 Å². The van der Waals surface area contributed by atoms with E-state index in [1.807, 2.05) is 12.1 Å². The molecule has 0 bridgehead atoms. The van der Waals surface area contributed by atoms with Gasteiger partial charge in [-0.05, 0) is 89.3 Å². The average Bonchev–Trinajstić information content (AvgIpc) is 2.73. The number of carbonyl (C=O) groups excluding carboxylic acids is 1. The normalized spacial score (nSPS) is 11.6. The van der Waals surface area contributed by atoms with Crippen LogP contribution in [0.1, 0.15) is 5.56 Å². The van der Waals surface area contributed by atoms with Crippen molar-refractivity contribution in [2.75, 3.05) is 16.6 Å². The van der Waals surface area contributed by atoms with E-state index >= 15 is 0 Å². The van der Waals surface area contributed by atoms with Gasteiger partial charge in [-0.2, -0.15) is 13.2 Å². The summed E-state index contributed by atoms with van der Waals surface area (Å²) in [5.41, 5.74) is -0.571. The first-order valence-corrected chi connectivity index (χ1v) is 11.6. The predicted molar refractivity (Wildman–Crippen MR) is 122 cm³/mol.